The molecule has 1 unspecified atom stereocenters. The summed E-state index contributed by atoms with van der Waals surface area (Å²) >= 11 is 0. The summed E-state index contributed by atoms with van der Waals surface area (Å²) in [7, 11) is 0. The molecule has 292 valence electrons. The van der Waals surface area contributed by atoms with Crippen molar-refractivity contribution >= 4 is 23.9 Å². The third-order valence-electron chi connectivity index (χ3n) is 13.7. The first-order valence-electron chi connectivity index (χ1n) is 20.2. The molecule has 0 amide bonds. The van der Waals surface area contributed by atoms with E-state index in [9.17, 15) is 19.2 Å². The lowest BCUT2D eigenvalue weighted by atomic mass is 9.48. The minimum Gasteiger partial charge on any atom is -0.466 e. The summed E-state index contributed by atoms with van der Waals surface area (Å²) in [6.07, 6.45) is 11.6. The highest BCUT2D eigenvalue weighted by atomic mass is 16.6. The molecular weight excluding hydrogens is 650 g/mol. The number of unbranched alkanes of at least 4 members (excludes halogenated alkanes) is 3. The van der Waals surface area contributed by atoms with Gasteiger partial charge in [0.15, 0.2) is 0 Å². The molecule has 0 saturated heterocycles. The highest BCUT2D eigenvalue weighted by molar-refractivity contribution is 5.71. The monoisotopic (exact) mass is 720 g/mol. The molecule has 4 aliphatic rings. The predicted molar refractivity (Wildman–Crippen MR) is 195 cm³/mol. The fraction of sp³-hybridized carbons (Fsp3) is 0.900. The van der Waals surface area contributed by atoms with Crippen LogP contribution in [-0.2, 0) is 38.1 Å². The van der Waals surface area contributed by atoms with Gasteiger partial charge in [0.1, 0.15) is 18.3 Å². The predicted octanol–water partition coefficient (Wildman–Crippen LogP) is 5.58. The van der Waals surface area contributed by atoms with Crippen LogP contribution in [0.2, 0.25) is 0 Å². The molecule has 0 aliphatic heterocycles. The van der Waals surface area contributed by atoms with Crippen molar-refractivity contribution in [1.82, 2.24) is 0 Å². The van der Waals surface area contributed by atoms with E-state index in [2.05, 4.69) is 27.7 Å². The van der Waals surface area contributed by atoms with E-state index in [1.807, 2.05) is 0 Å². The number of rotatable bonds is 18. The summed E-state index contributed by atoms with van der Waals surface area (Å²) in [5.41, 5.74) is 16.8. The van der Waals surface area contributed by atoms with Gasteiger partial charge in [-0.05, 0) is 105 Å². The van der Waals surface area contributed by atoms with Gasteiger partial charge in [0, 0.05) is 31.5 Å². The van der Waals surface area contributed by atoms with Crippen LogP contribution in [0.15, 0.2) is 0 Å². The van der Waals surface area contributed by atoms with Crippen molar-refractivity contribution in [3.8, 4) is 0 Å². The van der Waals surface area contributed by atoms with Crippen molar-refractivity contribution in [3.63, 3.8) is 0 Å². The van der Waals surface area contributed by atoms with Crippen LogP contribution in [-0.4, -0.2) is 68.4 Å². The van der Waals surface area contributed by atoms with Gasteiger partial charge < -0.3 is 36.1 Å². The molecular formula is C40H69N3O8. The molecule has 11 nitrogen and oxygen atoms in total. The zero-order valence-electron chi connectivity index (χ0n) is 32.0. The molecule has 0 bridgehead atoms. The molecule has 0 spiro atoms. The summed E-state index contributed by atoms with van der Waals surface area (Å²) < 4.78 is 24.2. The van der Waals surface area contributed by atoms with Gasteiger partial charge in [0.25, 0.3) is 0 Å². The SMILES string of the molecule is CCCCCCOC(=O)CC[C@@H](C)[C@H]1CC[C@H]2[C@H]3CC(OC(=O)CCN)C[C@@H]4C[C@H](OC(=O)CCN)CC[C@]4(C)[C@H]3C[C@H](OC(=O)CCN)[C@]12C. The average Bonchev–Trinajstić information content (AvgIpc) is 3.39. The van der Waals surface area contributed by atoms with Crippen molar-refractivity contribution in [3.05, 3.63) is 0 Å². The van der Waals surface area contributed by atoms with E-state index >= 15 is 0 Å². The smallest absolute Gasteiger partial charge is 0.307 e. The second kappa shape index (κ2) is 19.2. The maximum Gasteiger partial charge on any atom is 0.307 e. The molecule has 11 atom stereocenters. The van der Waals surface area contributed by atoms with Gasteiger partial charge >= 0.3 is 23.9 Å². The molecule has 0 aromatic rings. The molecule has 11 heteroatoms. The number of ether oxygens (including phenoxy) is 4. The van der Waals surface area contributed by atoms with Crippen molar-refractivity contribution in [1.29, 1.82) is 0 Å². The molecule has 4 aliphatic carbocycles. The topological polar surface area (TPSA) is 183 Å². The zero-order chi connectivity index (χ0) is 37.2. The zero-order valence-corrected chi connectivity index (χ0v) is 32.0. The van der Waals surface area contributed by atoms with Crippen LogP contribution < -0.4 is 17.2 Å². The highest BCUT2D eigenvalue weighted by Crippen LogP contribution is 2.68. The number of nitrogens with two attached hydrogens (primary N) is 3. The Balaban J connectivity index is 1.61. The van der Waals surface area contributed by atoms with Crippen LogP contribution in [0.25, 0.3) is 0 Å². The first-order chi connectivity index (χ1) is 24.4. The summed E-state index contributed by atoms with van der Waals surface area (Å²) in [5.74, 6) is 0.426. The van der Waals surface area contributed by atoms with Gasteiger partial charge in [-0.15, -0.1) is 0 Å². The summed E-state index contributed by atoms with van der Waals surface area (Å²) in [6, 6.07) is 0. The fourth-order valence-corrected chi connectivity index (χ4v) is 11.1. The molecule has 0 aromatic carbocycles. The molecule has 0 aromatic heterocycles. The van der Waals surface area contributed by atoms with Crippen molar-refractivity contribution < 1.29 is 38.1 Å². The highest BCUT2D eigenvalue weighted by Gasteiger charge is 2.65. The van der Waals surface area contributed by atoms with E-state index in [4.69, 9.17) is 36.1 Å². The van der Waals surface area contributed by atoms with Crippen LogP contribution in [0.3, 0.4) is 0 Å². The third-order valence-corrected chi connectivity index (χ3v) is 13.7. The van der Waals surface area contributed by atoms with Crippen LogP contribution in [0, 0.1) is 46.3 Å². The van der Waals surface area contributed by atoms with Gasteiger partial charge in [-0.3, -0.25) is 19.2 Å². The standard InChI is InChI=1S/C40H69N3O8/c1-5-6-7-8-21-48-35(44)12-9-26(2)31-10-11-32-30-24-29(50-37(46)15-19-42)23-27-22-28(49-36(45)14-18-41)13-17-39(27,3)33(30)25-34(40(31,32)4)51-38(47)16-20-43/h26-34H,5-25,41-43H2,1-4H3/t26-,27+,28-,29?,30-,31-,32+,33+,34+,39+,40-/m1/s1. The van der Waals surface area contributed by atoms with Gasteiger partial charge in [-0.1, -0.05) is 47.0 Å². The van der Waals surface area contributed by atoms with Gasteiger partial charge in [0.2, 0.25) is 0 Å². The van der Waals surface area contributed by atoms with E-state index < -0.39 is 0 Å². The third kappa shape index (κ3) is 10.0. The lowest BCUT2D eigenvalue weighted by Crippen LogP contribution is -2.57. The average molecular weight is 720 g/mol. The Morgan fingerprint density at radius 3 is 1.98 bits per heavy atom. The van der Waals surface area contributed by atoms with Gasteiger partial charge in [-0.25, -0.2) is 0 Å². The number of carbonyl (C=O) groups is 4. The van der Waals surface area contributed by atoms with Crippen LogP contribution in [0.5, 0.6) is 0 Å². The first-order valence-corrected chi connectivity index (χ1v) is 20.2. The van der Waals surface area contributed by atoms with Crippen LogP contribution >= 0.6 is 0 Å². The number of fused-ring (bicyclic) bond motifs is 5. The second-order valence-corrected chi connectivity index (χ2v) is 16.7. The maximum atomic E-state index is 13.2. The molecule has 0 heterocycles. The molecule has 4 fully saturated rings. The minimum atomic E-state index is -0.314. The van der Waals surface area contributed by atoms with E-state index in [1.165, 1.54) is 0 Å². The minimum absolute atomic E-state index is 0.124. The first kappa shape index (κ1) is 41.5. The summed E-state index contributed by atoms with van der Waals surface area (Å²) in [6.45, 7) is 10.3. The molecule has 4 saturated carbocycles. The van der Waals surface area contributed by atoms with Crippen LogP contribution in [0.1, 0.15) is 137 Å². The lowest BCUT2D eigenvalue weighted by Gasteiger charge is -2.59. The largest absolute Gasteiger partial charge is 0.466 e. The van der Waals surface area contributed by atoms with E-state index in [-0.39, 0.29) is 127 Å². The summed E-state index contributed by atoms with van der Waals surface area (Å²) in [5, 5.41) is 0. The normalized spacial score (nSPS) is 35.0. The Bertz CT molecular complexity index is 1170. The van der Waals surface area contributed by atoms with E-state index in [1.54, 1.807) is 0 Å². The van der Waals surface area contributed by atoms with Gasteiger partial charge in [-0.2, -0.15) is 0 Å². The number of hydrogen-bond donors (Lipinski definition) is 3. The van der Waals surface area contributed by atoms with Crippen LogP contribution in [0.4, 0.5) is 0 Å². The number of hydrogen-bond acceptors (Lipinski definition) is 11. The molecule has 4 rings (SSSR count). The quantitative estimate of drug-likeness (QED) is 0.0914. The van der Waals surface area contributed by atoms with Crippen molar-refractivity contribution in [2.24, 2.45) is 63.5 Å². The van der Waals surface area contributed by atoms with E-state index in [0.717, 1.165) is 70.6 Å². The Morgan fingerprint density at radius 2 is 1.33 bits per heavy atom. The maximum absolute atomic E-state index is 13.2. The van der Waals surface area contributed by atoms with Crippen molar-refractivity contribution in [2.45, 2.75) is 155 Å². The fourth-order valence-electron chi connectivity index (χ4n) is 11.1. The lowest BCUT2D eigenvalue weighted by molar-refractivity contribution is -0.187. The molecule has 0 radical (unpaired) electrons. The Morgan fingerprint density at radius 1 is 0.706 bits per heavy atom. The summed E-state index contributed by atoms with van der Waals surface area (Å²) in [4.78, 5) is 51.4. The Labute approximate surface area is 306 Å². The number of esters is 4. The second-order valence-electron chi connectivity index (χ2n) is 16.7. The number of carbonyl (C=O) groups excluding carboxylic acids is 4. The molecule has 6 N–H and O–H groups in total. The van der Waals surface area contributed by atoms with Gasteiger partial charge in [0.05, 0.1) is 25.9 Å². The Hall–Kier alpha value is -2.24. The van der Waals surface area contributed by atoms with Crippen molar-refractivity contribution in [2.75, 3.05) is 26.2 Å². The Kier molecular flexibility index (Phi) is 15.6. The van der Waals surface area contributed by atoms with E-state index in [0.29, 0.717) is 25.9 Å². The molecule has 51 heavy (non-hydrogen) atoms.